The molecule has 2 N–H and O–H groups in total. The molecule has 3 aliphatic rings. The van der Waals surface area contributed by atoms with Gasteiger partial charge in [0.15, 0.2) is 5.69 Å². The van der Waals surface area contributed by atoms with Crippen LogP contribution >= 0.6 is 0 Å². The largest absolute Gasteiger partial charge is 0.382 e. The molecule has 10 heteroatoms. The monoisotopic (exact) mass is 445 g/mol. The zero-order valence-electron chi connectivity index (χ0n) is 18.0. The summed E-state index contributed by atoms with van der Waals surface area (Å²) in [5, 5.41) is 10.2. The first kappa shape index (κ1) is 20.9. The van der Waals surface area contributed by atoms with Crippen LogP contribution in [-0.4, -0.2) is 70.7 Å². The highest BCUT2D eigenvalue weighted by molar-refractivity contribution is 5.95. The molecule has 170 valence electrons. The van der Waals surface area contributed by atoms with Gasteiger partial charge in [-0.2, -0.15) is 5.10 Å². The van der Waals surface area contributed by atoms with E-state index < -0.39 is 17.7 Å². The zero-order valence-corrected chi connectivity index (χ0v) is 18.0. The molecule has 8 nitrogen and oxygen atoms in total. The molecule has 5 rings (SSSR count). The number of rotatable bonds is 5. The van der Waals surface area contributed by atoms with E-state index in [2.05, 4.69) is 15.5 Å². The Morgan fingerprint density at radius 1 is 1.31 bits per heavy atom. The van der Waals surface area contributed by atoms with Crippen molar-refractivity contribution in [3.63, 3.8) is 0 Å². The van der Waals surface area contributed by atoms with E-state index in [1.54, 1.807) is 24.0 Å². The summed E-state index contributed by atoms with van der Waals surface area (Å²) in [5.41, 5.74) is 2.21. The highest BCUT2D eigenvalue weighted by atomic mass is 19.1. The molecule has 32 heavy (non-hydrogen) atoms. The molecule has 1 unspecified atom stereocenters. The van der Waals surface area contributed by atoms with Crippen molar-refractivity contribution in [1.82, 2.24) is 20.0 Å². The van der Waals surface area contributed by atoms with Crippen LogP contribution in [0.4, 0.5) is 14.5 Å². The smallest absolute Gasteiger partial charge is 0.274 e. The van der Waals surface area contributed by atoms with Crippen molar-refractivity contribution in [3.8, 4) is 0 Å². The number of H-pyrrole nitrogens is 1. The quantitative estimate of drug-likeness (QED) is 0.733. The fourth-order valence-electron chi connectivity index (χ4n) is 4.78. The van der Waals surface area contributed by atoms with Crippen LogP contribution in [0.15, 0.2) is 12.1 Å². The summed E-state index contributed by atoms with van der Waals surface area (Å²) in [6.45, 7) is 1.16. The van der Waals surface area contributed by atoms with Crippen molar-refractivity contribution >= 4 is 17.5 Å². The van der Waals surface area contributed by atoms with E-state index in [9.17, 15) is 18.4 Å². The van der Waals surface area contributed by atoms with E-state index >= 15 is 0 Å². The van der Waals surface area contributed by atoms with Crippen LogP contribution in [0.1, 0.15) is 40.2 Å². The van der Waals surface area contributed by atoms with Crippen LogP contribution in [0.3, 0.4) is 0 Å². The number of hydrogen-bond donors (Lipinski definition) is 2. The number of anilines is 1. The Morgan fingerprint density at radius 3 is 2.81 bits per heavy atom. The van der Waals surface area contributed by atoms with Gasteiger partial charge in [-0.15, -0.1) is 0 Å². The molecule has 1 aliphatic carbocycles. The number of likely N-dealkylation sites (N-methyl/N-ethyl adjacent to an activating group) is 1. The molecule has 0 spiro atoms. The minimum absolute atomic E-state index is 0.156. The molecule has 0 saturated heterocycles. The number of hydrogen-bond acceptors (Lipinski definition) is 5. The van der Waals surface area contributed by atoms with Crippen LogP contribution in [0.5, 0.6) is 0 Å². The Hall–Kier alpha value is -3.01. The van der Waals surface area contributed by atoms with Crippen LogP contribution in [0, 0.1) is 11.6 Å². The lowest BCUT2D eigenvalue weighted by Crippen LogP contribution is -2.45. The van der Waals surface area contributed by atoms with Crippen LogP contribution in [0.25, 0.3) is 0 Å². The van der Waals surface area contributed by atoms with Crippen molar-refractivity contribution < 1.29 is 23.1 Å². The number of aromatic amines is 1. The van der Waals surface area contributed by atoms with E-state index in [1.165, 1.54) is 6.07 Å². The lowest BCUT2D eigenvalue weighted by Gasteiger charge is -2.31. The van der Waals surface area contributed by atoms with Crippen LogP contribution < -0.4 is 5.32 Å². The summed E-state index contributed by atoms with van der Waals surface area (Å²) in [7, 11) is 3.38. The molecule has 1 fully saturated rings. The summed E-state index contributed by atoms with van der Waals surface area (Å²) >= 11 is 0. The zero-order chi connectivity index (χ0) is 22.6. The summed E-state index contributed by atoms with van der Waals surface area (Å²) in [5.74, 6) is -1.75. The second-order valence-electron chi connectivity index (χ2n) is 8.88. The van der Waals surface area contributed by atoms with Gasteiger partial charge in [-0.05, 0) is 18.9 Å². The predicted octanol–water partition coefficient (Wildman–Crippen LogP) is 1.86. The standard InChI is InChI=1S/C22H25F2N5O3/c1-28(22(4-5-22)11-32-2)21(31)19-14-10-29(6-3-16(14)26-27-19)20(30)18-9-13-15(24)7-12(23)8-17(13)25-18/h7-8,18,25H,3-6,9-11H2,1-2H3,(H,26,27). The van der Waals surface area contributed by atoms with Crippen molar-refractivity contribution in [1.29, 1.82) is 0 Å². The first-order chi connectivity index (χ1) is 15.3. The number of aromatic nitrogens is 2. The maximum Gasteiger partial charge on any atom is 0.274 e. The third-order valence-electron chi connectivity index (χ3n) is 6.90. The molecule has 1 aromatic heterocycles. The van der Waals surface area contributed by atoms with Gasteiger partial charge in [-0.1, -0.05) is 0 Å². The van der Waals surface area contributed by atoms with Crippen molar-refractivity contribution in [3.05, 3.63) is 46.3 Å². The van der Waals surface area contributed by atoms with Gasteiger partial charge in [0.1, 0.15) is 17.7 Å². The highest BCUT2D eigenvalue weighted by Crippen LogP contribution is 2.42. The third kappa shape index (κ3) is 3.33. The number of benzene rings is 1. The lowest BCUT2D eigenvalue weighted by atomic mass is 10.0. The summed E-state index contributed by atoms with van der Waals surface area (Å²) in [6.07, 6.45) is 2.46. The van der Waals surface area contributed by atoms with Crippen LogP contribution in [-0.2, 0) is 28.9 Å². The normalized spacial score (nSPS) is 20.4. The maximum absolute atomic E-state index is 14.1. The molecule has 1 atom stereocenters. The van der Waals surface area contributed by atoms with Crippen molar-refractivity contribution in [2.75, 3.05) is 32.6 Å². The van der Waals surface area contributed by atoms with E-state index in [0.717, 1.165) is 24.6 Å². The van der Waals surface area contributed by atoms with Gasteiger partial charge in [-0.3, -0.25) is 14.7 Å². The number of amides is 2. The van der Waals surface area contributed by atoms with Crippen molar-refractivity contribution in [2.45, 2.75) is 43.8 Å². The van der Waals surface area contributed by atoms with E-state index in [1.807, 2.05) is 0 Å². The summed E-state index contributed by atoms with van der Waals surface area (Å²) < 4.78 is 32.9. The molecule has 2 aromatic rings. The number of nitrogens with zero attached hydrogens (tertiary/aromatic N) is 3. The lowest BCUT2D eigenvalue weighted by molar-refractivity contribution is -0.132. The van der Waals surface area contributed by atoms with Gasteiger partial charge >= 0.3 is 0 Å². The van der Waals surface area contributed by atoms with Gasteiger partial charge in [0.05, 0.1) is 12.1 Å². The molecule has 1 saturated carbocycles. The number of ether oxygens (including phenoxy) is 1. The van der Waals surface area contributed by atoms with Gasteiger partial charge in [-0.25, -0.2) is 8.78 Å². The number of methoxy groups -OCH3 is 1. The van der Waals surface area contributed by atoms with Crippen molar-refractivity contribution in [2.24, 2.45) is 0 Å². The molecule has 2 aliphatic heterocycles. The SMILES string of the molecule is COCC1(N(C)C(=O)c2n[nH]c3c2CN(C(=O)C2Cc4c(F)cc(F)cc4N2)CC3)CC1. The molecule has 0 radical (unpaired) electrons. The number of halogens is 2. The van der Waals surface area contributed by atoms with Gasteiger partial charge in [0.25, 0.3) is 5.91 Å². The van der Waals surface area contributed by atoms with Crippen LogP contribution in [0.2, 0.25) is 0 Å². The highest BCUT2D eigenvalue weighted by Gasteiger charge is 2.49. The Kier molecular flexibility index (Phi) is 4.92. The molecule has 1 aromatic carbocycles. The number of carbonyl (C=O) groups excluding carboxylic acids is 2. The minimum atomic E-state index is -0.683. The first-order valence-corrected chi connectivity index (χ1v) is 10.7. The van der Waals surface area contributed by atoms with Gasteiger partial charge in [0.2, 0.25) is 5.91 Å². The average molecular weight is 445 g/mol. The van der Waals surface area contributed by atoms with E-state index in [4.69, 9.17) is 4.74 Å². The molecule has 2 amide bonds. The Labute approximate surface area is 183 Å². The Bertz CT molecular complexity index is 1100. The summed E-state index contributed by atoms with van der Waals surface area (Å²) in [4.78, 5) is 29.7. The van der Waals surface area contributed by atoms with E-state index in [-0.39, 0.29) is 30.3 Å². The third-order valence-corrected chi connectivity index (χ3v) is 6.90. The first-order valence-electron chi connectivity index (χ1n) is 10.7. The minimum Gasteiger partial charge on any atom is -0.382 e. The topological polar surface area (TPSA) is 90.6 Å². The fourth-order valence-corrected chi connectivity index (χ4v) is 4.78. The maximum atomic E-state index is 14.1. The Balaban J connectivity index is 1.32. The Morgan fingerprint density at radius 2 is 2.09 bits per heavy atom. The average Bonchev–Trinajstić information content (AvgIpc) is 3.23. The summed E-state index contributed by atoms with van der Waals surface area (Å²) in [6, 6.07) is 1.36. The van der Waals surface area contributed by atoms with Gasteiger partial charge in [0, 0.05) is 68.7 Å². The number of nitrogens with one attached hydrogen (secondary N) is 2. The second-order valence-corrected chi connectivity index (χ2v) is 8.88. The fraction of sp³-hybridized carbons (Fsp3) is 0.500. The number of fused-ring (bicyclic) bond motifs is 2. The van der Waals surface area contributed by atoms with E-state index in [0.29, 0.717) is 42.1 Å². The second kappa shape index (κ2) is 7.54. The molecular formula is C22H25F2N5O3. The molecule has 3 heterocycles. The molecular weight excluding hydrogens is 420 g/mol. The molecule has 0 bridgehead atoms. The number of carbonyl (C=O) groups is 2. The predicted molar refractivity (Wildman–Crippen MR) is 111 cm³/mol. The van der Waals surface area contributed by atoms with Gasteiger partial charge < -0.3 is 19.9 Å².